The maximum atomic E-state index is 11.7. The summed E-state index contributed by atoms with van der Waals surface area (Å²) in [7, 11) is 0. The molecule has 0 heterocycles. The van der Waals surface area contributed by atoms with Gasteiger partial charge in [0.1, 0.15) is 6.54 Å². The van der Waals surface area contributed by atoms with Crippen LogP contribution in [0.5, 0.6) is 0 Å². The van der Waals surface area contributed by atoms with Crippen LogP contribution in [0.3, 0.4) is 0 Å². The Morgan fingerprint density at radius 2 is 2.25 bits per heavy atom. The standard InChI is InChI=1S/C6H14F2N4/c1-2-3-10-6(12-9)11-4-5(7)8/h5H,2-4,9H2,1H3,(H2,10,11,12). The topological polar surface area (TPSA) is 62.4 Å². The Bertz CT molecular complexity index is 138. The lowest BCUT2D eigenvalue weighted by molar-refractivity contribution is 0.158. The van der Waals surface area contributed by atoms with Crippen LogP contribution in [0, 0.1) is 0 Å². The summed E-state index contributed by atoms with van der Waals surface area (Å²) in [6.07, 6.45) is -1.55. The first-order valence-corrected chi connectivity index (χ1v) is 3.73. The zero-order chi connectivity index (χ0) is 9.40. The molecule has 0 saturated carbocycles. The molecular weight excluding hydrogens is 166 g/mol. The van der Waals surface area contributed by atoms with Gasteiger partial charge in [0.2, 0.25) is 5.96 Å². The number of alkyl halides is 2. The van der Waals surface area contributed by atoms with Crippen LogP contribution in [0.4, 0.5) is 8.78 Å². The largest absolute Gasteiger partial charge is 0.355 e. The second-order valence-corrected chi connectivity index (χ2v) is 2.15. The van der Waals surface area contributed by atoms with Gasteiger partial charge in [0.15, 0.2) is 0 Å². The predicted octanol–water partition coefficient (Wildman–Crippen LogP) is 0.0704. The third-order valence-electron chi connectivity index (χ3n) is 1.07. The van der Waals surface area contributed by atoms with Gasteiger partial charge in [-0.2, -0.15) is 0 Å². The minimum absolute atomic E-state index is 0.206. The van der Waals surface area contributed by atoms with Crippen LogP contribution >= 0.6 is 0 Å². The van der Waals surface area contributed by atoms with Crippen molar-refractivity contribution < 1.29 is 8.78 Å². The number of hydrazine groups is 1. The lowest BCUT2D eigenvalue weighted by Gasteiger charge is -2.06. The summed E-state index contributed by atoms with van der Waals surface area (Å²) in [6.45, 7) is 2.08. The minimum atomic E-state index is -2.43. The molecule has 0 aromatic rings. The second-order valence-electron chi connectivity index (χ2n) is 2.15. The van der Waals surface area contributed by atoms with Gasteiger partial charge in [-0.1, -0.05) is 6.92 Å². The SMILES string of the molecule is CCCNC(=NCC(F)F)NN. The Balaban J connectivity index is 3.70. The highest BCUT2D eigenvalue weighted by Crippen LogP contribution is 1.90. The lowest BCUT2D eigenvalue weighted by Crippen LogP contribution is -2.42. The first kappa shape index (κ1) is 11.1. The van der Waals surface area contributed by atoms with Gasteiger partial charge < -0.3 is 5.32 Å². The van der Waals surface area contributed by atoms with Crippen LogP contribution in [0.15, 0.2) is 4.99 Å². The molecule has 0 aromatic heterocycles. The molecular formula is C6H14F2N4. The zero-order valence-electron chi connectivity index (χ0n) is 6.98. The zero-order valence-corrected chi connectivity index (χ0v) is 6.98. The molecule has 0 rings (SSSR count). The summed E-state index contributed by atoms with van der Waals surface area (Å²) < 4.78 is 23.3. The third-order valence-corrected chi connectivity index (χ3v) is 1.07. The Morgan fingerprint density at radius 3 is 2.67 bits per heavy atom. The molecule has 72 valence electrons. The molecule has 4 N–H and O–H groups in total. The number of hydrogen-bond donors (Lipinski definition) is 3. The van der Waals surface area contributed by atoms with E-state index >= 15 is 0 Å². The molecule has 4 nitrogen and oxygen atoms in total. The van der Waals surface area contributed by atoms with Crippen molar-refractivity contribution in [1.29, 1.82) is 0 Å². The van der Waals surface area contributed by atoms with Gasteiger partial charge in [-0.3, -0.25) is 5.43 Å². The Kier molecular flexibility index (Phi) is 6.26. The van der Waals surface area contributed by atoms with Crippen molar-refractivity contribution >= 4 is 5.96 Å². The van der Waals surface area contributed by atoms with Crippen LogP contribution < -0.4 is 16.6 Å². The van der Waals surface area contributed by atoms with Crippen molar-refractivity contribution in [3.05, 3.63) is 0 Å². The van der Waals surface area contributed by atoms with Gasteiger partial charge in [0.05, 0.1) is 0 Å². The van der Waals surface area contributed by atoms with E-state index in [1.807, 2.05) is 6.92 Å². The summed E-state index contributed by atoms with van der Waals surface area (Å²) in [4.78, 5) is 3.50. The number of nitrogens with one attached hydrogen (secondary N) is 2. The quantitative estimate of drug-likeness (QED) is 0.248. The summed E-state index contributed by atoms with van der Waals surface area (Å²) in [5.74, 6) is 5.22. The molecule has 0 spiro atoms. The first-order valence-electron chi connectivity index (χ1n) is 3.73. The lowest BCUT2D eigenvalue weighted by atomic mass is 10.5. The average Bonchev–Trinajstić information content (AvgIpc) is 2.05. The average molecular weight is 180 g/mol. The van der Waals surface area contributed by atoms with Gasteiger partial charge in [-0.25, -0.2) is 19.6 Å². The molecule has 0 amide bonds. The summed E-state index contributed by atoms with van der Waals surface area (Å²) in [5, 5.41) is 2.76. The molecule has 0 fully saturated rings. The van der Waals surface area contributed by atoms with E-state index in [0.717, 1.165) is 6.42 Å². The van der Waals surface area contributed by atoms with Crippen LogP contribution in [0.2, 0.25) is 0 Å². The number of aliphatic imine (C=N–C) groups is 1. The fourth-order valence-electron chi connectivity index (χ4n) is 0.556. The number of nitrogens with two attached hydrogens (primary N) is 1. The molecule has 0 aliphatic rings. The van der Waals surface area contributed by atoms with Crippen LogP contribution in [-0.2, 0) is 0 Å². The van der Waals surface area contributed by atoms with Crippen LogP contribution in [0.1, 0.15) is 13.3 Å². The summed E-state index contributed by atoms with van der Waals surface area (Å²) in [6, 6.07) is 0. The van der Waals surface area contributed by atoms with Crippen molar-refractivity contribution in [2.45, 2.75) is 19.8 Å². The fourth-order valence-corrected chi connectivity index (χ4v) is 0.556. The van der Waals surface area contributed by atoms with Gasteiger partial charge >= 0.3 is 0 Å². The van der Waals surface area contributed by atoms with Gasteiger partial charge in [0.25, 0.3) is 6.43 Å². The van der Waals surface area contributed by atoms with Crippen molar-refractivity contribution in [1.82, 2.24) is 10.7 Å². The molecule has 0 aliphatic heterocycles. The molecule has 6 heteroatoms. The fraction of sp³-hybridized carbons (Fsp3) is 0.833. The molecule has 0 aromatic carbocycles. The van der Waals surface area contributed by atoms with E-state index < -0.39 is 13.0 Å². The summed E-state index contributed by atoms with van der Waals surface area (Å²) >= 11 is 0. The van der Waals surface area contributed by atoms with Crippen LogP contribution in [0.25, 0.3) is 0 Å². The van der Waals surface area contributed by atoms with E-state index in [-0.39, 0.29) is 5.96 Å². The minimum Gasteiger partial charge on any atom is -0.355 e. The third kappa shape index (κ3) is 5.84. The highest BCUT2D eigenvalue weighted by molar-refractivity contribution is 5.79. The van der Waals surface area contributed by atoms with Crippen molar-refractivity contribution in [3.63, 3.8) is 0 Å². The van der Waals surface area contributed by atoms with E-state index in [4.69, 9.17) is 5.84 Å². The molecule has 0 bridgehead atoms. The molecule has 0 aliphatic carbocycles. The molecule has 0 atom stereocenters. The van der Waals surface area contributed by atoms with E-state index in [1.165, 1.54) is 0 Å². The van der Waals surface area contributed by atoms with Gasteiger partial charge in [-0.05, 0) is 6.42 Å². The Morgan fingerprint density at radius 1 is 1.58 bits per heavy atom. The van der Waals surface area contributed by atoms with E-state index in [0.29, 0.717) is 6.54 Å². The van der Waals surface area contributed by atoms with Crippen molar-refractivity contribution in [2.24, 2.45) is 10.8 Å². The molecule has 12 heavy (non-hydrogen) atoms. The highest BCUT2D eigenvalue weighted by atomic mass is 19.3. The number of nitrogens with zero attached hydrogens (tertiary/aromatic N) is 1. The molecule has 0 unspecified atom stereocenters. The molecule has 0 saturated heterocycles. The van der Waals surface area contributed by atoms with E-state index in [2.05, 4.69) is 15.7 Å². The monoisotopic (exact) mass is 180 g/mol. The number of guanidine groups is 1. The normalized spacial score (nSPS) is 11.9. The molecule has 0 radical (unpaired) electrons. The summed E-state index contributed by atoms with van der Waals surface area (Å²) in [5.41, 5.74) is 2.20. The number of halogens is 2. The predicted molar refractivity (Wildman–Crippen MR) is 43.9 cm³/mol. The van der Waals surface area contributed by atoms with Crippen molar-refractivity contribution in [3.8, 4) is 0 Å². The Hall–Kier alpha value is -0.910. The maximum absolute atomic E-state index is 11.7. The Labute approximate surface area is 70.2 Å². The van der Waals surface area contributed by atoms with Crippen LogP contribution in [-0.4, -0.2) is 25.5 Å². The highest BCUT2D eigenvalue weighted by Gasteiger charge is 2.00. The second kappa shape index (κ2) is 6.78. The number of hydrogen-bond acceptors (Lipinski definition) is 2. The smallest absolute Gasteiger partial charge is 0.257 e. The van der Waals surface area contributed by atoms with Crippen molar-refractivity contribution in [2.75, 3.05) is 13.1 Å². The van der Waals surface area contributed by atoms with E-state index in [1.54, 1.807) is 0 Å². The van der Waals surface area contributed by atoms with Gasteiger partial charge in [-0.15, -0.1) is 0 Å². The first-order chi connectivity index (χ1) is 5.70. The van der Waals surface area contributed by atoms with E-state index in [9.17, 15) is 8.78 Å². The van der Waals surface area contributed by atoms with Gasteiger partial charge in [0, 0.05) is 6.54 Å². The number of rotatable bonds is 4. The maximum Gasteiger partial charge on any atom is 0.257 e.